The number of rotatable bonds is 6. The molecule has 30 heavy (non-hydrogen) atoms. The van der Waals surface area contributed by atoms with Crippen LogP contribution < -0.4 is 0 Å². The van der Waals surface area contributed by atoms with E-state index in [1.807, 2.05) is 19.1 Å². The number of hydrogen-bond donors (Lipinski definition) is 1. The molecule has 1 unspecified atom stereocenters. The minimum Gasteiger partial charge on any atom is -0.481 e. The molecule has 0 spiro atoms. The second kappa shape index (κ2) is 8.60. The summed E-state index contributed by atoms with van der Waals surface area (Å²) in [4.78, 5) is 18.5. The number of carboxylic acids is 1. The zero-order valence-electron chi connectivity index (χ0n) is 18.2. The summed E-state index contributed by atoms with van der Waals surface area (Å²) in [5.74, 6) is -0.847. The summed E-state index contributed by atoms with van der Waals surface area (Å²) in [6, 6.07) is 10.7. The second-order valence-corrected chi connectivity index (χ2v) is 8.52. The summed E-state index contributed by atoms with van der Waals surface area (Å²) in [6.45, 7) is 10.2. The smallest absolute Gasteiger partial charge is 0.304 e. The fourth-order valence-corrected chi connectivity index (χ4v) is 4.87. The van der Waals surface area contributed by atoms with Gasteiger partial charge in [0.25, 0.3) is 0 Å². The lowest BCUT2D eigenvalue weighted by molar-refractivity contribution is -0.137. The molecule has 0 aliphatic carbocycles. The van der Waals surface area contributed by atoms with Crippen LogP contribution in [0.2, 0.25) is 0 Å². The molecule has 1 aromatic carbocycles. The van der Waals surface area contributed by atoms with E-state index in [0.29, 0.717) is 6.54 Å². The maximum atomic E-state index is 11.7. The first kappa shape index (κ1) is 20.6. The Morgan fingerprint density at radius 2 is 1.97 bits per heavy atom. The molecule has 0 saturated heterocycles. The van der Waals surface area contributed by atoms with Gasteiger partial charge in [-0.05, 0) is 62.2 Å². The largest absolute Gasteiger partial charge is 0.481 e. The highest BCUT2D eigenvalue weighted by Gasteiger charge is 2.24. The lowest BCUT2D eigenvalue weighted by Gasteiger charge is -2.21. The average Bonchev–Trinajstić information content (AvgIpc) is 2.86. The van der Waals surface area contributed by atoms with Crippen molar-refractivity contribution in [3.8, 4) is 0 Å². The summed E-state index contributed by atoms with van der Waals surface area (Å²) in [6.07, 6.45) is 3.96. The van der Waals surface area contributed by atoms with E-state index >= 15 is 0 Å². The highest BCUT2D eigenvalue weighted by atomic mass is 16.4. The van der Waals surface area contributed by atoms with Crippen LogP contribution in [0.4, 0.5) is 0 Å². The van der Waals surface area contributed by atoms with Crippen molar-refractivity contribution in [2.24, 2.45) is 0 Å². The van der Waals surface area contributed by atoms with E-state index in [0.717, 1.165) is 43.7 Å². The number of nitrogens with zero attached hydrogens (tertiary/aromatic N) is 3. The number of benzene rings is 1. The first-order chi connectivity index (χ1) is 14.5. The van der Waals surface area contributed by atoms with Gasteiger partial charge in [-0.3, -0.25) is 9.78 Å². The van der Waals surface area contributed by atoms with E-state index in [1.165, 1.54) is 27.7 Å². The topological polar surface area (TPSA) is 58.4 Å². The molecule has 1 aliphatic heterocycles. The van der Waals surface area contributed by atoms with E-state index in [4.69, 9.17) is 0 Å². The van der Waals surface area contributed by atoms with E-state index in [1.54, 1.807) is 6.20 Å². The quantitative estimate of drug-likeness (QED) is 0.663. The van der Waals surface area contributed by atoms with Crippen LogP contribution in [0.3, 0.4) is 0 Å². The number of fused-ring (bicyclic) bond motifs is 3. The maximum Gasteiger partial charge on any atom is 0.304 e. The molecule has 158 valence electrons. The zero-order chi connectivity index (χ0) is 21.3. The number of pyridine rings is 1. The minimum atomic E-state index is -0.759. The molecule has 1 aliphatic rings. The fraction of sp³-hybridized carbons (Fsp3) is 0.440. The molecule has 0 amide bonds. The summed E-state index contributed by atoms with van der Waals surface area (Å²) in [7, 11) is 0. The van der Waals surface area contributed by atoms with Gasteiger partial charge < -0.3 is 14.6 Å². The monoisotopic (exact) mass is 405 g/mol. The number of aromatic nitrogens is 2. The molecule has 0 bridgehead atoms. The highest BCUT2D eigenvalue weighted by molar-refractivity contribution is 5.86. The third kappa shape index (κ3) is 4.12. The summed E-state index contributed by atoms with van der Waals surface area (Å²) >= 11 is 0. The summed E-state index contributed by atoms with van der Waals surface area (Å²) in [5.41, 5.74) is 7.31. The maximum absolute atomic E-state index is 11.7. The van der Waals surface area contributed by atoms with Gasteiger partial charge in [-0.25, -0.2) is 0 Å². The SMILES string of the molecule is CCN1CCc2c(n(CC(CC(=O)O)c3ccnc(C)c3)c3ccc(C)cc23)CC1. The molecule has 1 atom stereocenters. The molecule has 3 heterocycles. The molecule has 4 rings (SSSR count). The fourth-order valence-electron chi connectivity index (χ4n) is 4.87. The van der Waals surface area contributed by atoms with Crippen molar-refractivity contribution >= 4 is 16.9 Å². The Kier molecular flexibility index (Phi) is 5.91. The van der Waals surface area contributed by atoms with Gasteiger partial charge in [-0.2, -0.15) is 0 Å². The number of hydrogen-bond acceptors (Lipinski definition) is 3. The molecular weight excluding hydrogens is 374 g/mol. The second-order valence-electron chi connectivity index (χ2n) is 8.52. The third-order valence-electron chi connectivity index (χ3n) is 6.45. The lowest BCUT2D eigenvalue weighted by atomic mass is 9.95. The van der Waals surface area contributed by atoms with Crippen molar-refractivity contribution in [3.05, 3.63) is 64.6 Å². The van der Waals surface area contributed by atoms with Gasteiger partial charge in [0.05, 0.1) is 6.42 Å². The van der Waals surface area contributed by atoms with Gasteiger partial charge in [0.1, 0.15) is 0 Å². The predicted molar refractivity (Wildman–Crippen MR) is 120 cm³/mol. The van der Waals surface area contributed by atoms with Crippen molar-refractivity contribution in [1.29, 1.82) is 0 Å². The Hall–Kier alpha value is -2.66. The molecule has 5 nitrogen and oxygen atoms in total. The zero-order valence-corrected chi connectivity index (χ0v) is 18.2. The average molecular weight is 406 g/mol. The number of carbonyl (C=O) groups is 1. The van der Waals surface area contributed by atoms with Crippen molar-refractivity contribution in [2.45, 2.75) is 52.5 Å². The van der Waals surface area contributed by atoms with Crippen LogP contribution in [0.15, 0.2) is 36.5 Å². The van der Waals surface area contributed by atoms with Gasteiger partial charge in [0.2, 0.25) is 0 Å². The number of likely N-dealkylation sites (N-methyl/N-ethyl adjacent to an activating group) is 1. The molecule has 0 saturated carbocycles. The van der Waals surface area contributed by atoms with Crippen LogP contribution in [0.1, 0.15) is 47.3 Å². The highest BCUT2D eigenvalue weighted by Crippen LogP contribution is 2.33. The van der Waals surface area contributed by atoms with E-state index in [9.17, 15) is 9.90 Å². The van der Waals surface area contributed by atoms with Crippen molar-refractivity contribution in [1.82, 2.24) is 14.5 Å². The molecule has 5 heteroatoms. The number of aliphatic carboxylic acids is 1. The Morgan fingerprint density at radius 3 is 2.70 bits per heavy atom. The van der Waals surface area contributed by atoms with E-state index in [-0.39, 0.29) is 12.3 Å². The molecule has 2 aromatic heterocycles. The van der Waals surface area contributed by atoms with Crippen molar-refractivity contribution < 1.29 is 9.90 Å². The Balaban J connectivity index is 1.80. The van der Waals surface area contributed by atoms with Crippen LogP contribution in [0, 0.1) is 13.8 Å². The predicted octanol–water partition coefficient (Wildman–Crippen LogP) is 4.33. The Morgan fingerprint density at radius 1 is 1.17 bits per heavy atom. The first-order valence-electron chi connectivity index (χ1n) is 10.9. The van der Waals surface area contributed by atoms with Gasteiger partial charge in [0.15, 0.2) is 0 Å². The summed E-state index contributed by atoms with van der Waals surface area (Å²) < 4.78 is 2.41. The van der Waals surface area contributed by atoms with Crippen LogP contribution in [-0.2, 0) is 24.2 Å². The molecule has 1 N–H and O–H groups in total. The molecule has 3 aromatic rings. The Labute approximate surface area is 178 Å². The number of aryl methyl sites for hydroxylation is 2. The van der Waals surface area contributed by atoms with Crippen LogP contribution >= 0.6 is 0 Å². The van der Waals surface area contributed by atoms with Gasteiger partial charge in [-0.15, -0.1) is 0 Å². The third-order valence-corrected chi connectivity index (χ3v) is 6.45. The van der Waals surface area contributed by atoms with E-state index in [2.05, 4.69) is 46.5 Å². The molecule has 0 radical (unpaired) electrons. The van der Waals surface area contributed by atoms with Gasteiger partial charge in [-0.1, -0.05) is 18.6 Å². The van der Waals surface area contributed by atoms with Gasteiger partial charge >= 0.3 is 5.97 Å². The van der Waals surface area contributed by atoms with Gasteiger partial charge in [0, 0.05) is 60.5 Å². The van der Waals surface area contributed by atoms with E-state index < -0.39 is 5.97 Å². The van der Waals surface area contributed by atoms with Crippen molar-refractivity contribution in [2.75, 3.05) is 19.6 Å². The first-order valence-corrected chi connectivity index (χ1v) is 10.9. The van der Waals surface area contributed by atoms with Crippen LogP contribution in [0.25, 0.3) is 10.9 Å². The minimum absolute atomic E-state index is 0.0873. The normalized spacial score (nSPS) is 15.7. The van der Waals surface area contributed by atoms with Crippen molar-refractivity contribution in [3.63, 3.8) is 0 Å². The van der Waals surface area contributed by atoms with Crippen LogP contribution in [-0.4, -0.2) is 45.2 Å². The number of carboxylic acid groups (broad SMARTS) is 1. The summed E-state index contributed by atoms with van der Waals surface area (Å²) in [5, 5.41) is 10.9. The Bertz CT molecular complexity index is 1070. The molecule has 0 fully saturated rings. The van der Waals surface area contributed by atoms with Crippen LogP contribution in [0.5, 0.6) is 0 Å². The lowest BCUT2D eigenvalue weighted by Crippen LogP contribution is -2.26. The standard InChI is InChI=1S/C25H31N3O2/c1-4-27-11-8-21-22-13-17(2)5-6-23(22)28(24(21)9-12-27)16-20(15-25(29)30)19-7-10-26-18(3)14-19/h5-7,10,13-14,20H,4,8-9,11-12,15-16H2,1-3H3,(H,29,30). The molecular formula is C25H31N3O2.